The summed E-state index contributed by atoms with van der Waals surface area (Å²) in [6, 6.07) is 3.38. The molecular formula is C14H17N3O3. The number of piperidine rings is 1. The Hall–Kier alpha value is -1.98. The molecule has 1 aliphatic heterocycles. The minimum atomic E-state index is -0.112. The van der Waals surface area contributed by atoms with Crippen molar-refractivity contribution in [3.8, 4) is 0 Å². The fourth-order valence-electron chi connectivity index (χ4n) is 3.11. The molecule has 1 saturated heterocycles. The van der Waals surface area contributed by atoms with Crippen LogP contribution in [-0.4, -0.2) is 47.2 Å². The maximum Gasteiger partial charge on any atom is 0.309 e. The summed E-state index contributed by atoms with van der Waals surface area (Å²) in [4.78, 5) is 25.6. The number of ether oxygens (including phenoxy) is 1. The molecule has 0 N–H and O–H groups in total. The number of hydrogen-bond donors (Lipinski definition) is 0. The molecule has 1 saturated carbocycles. The first-order chi connectivity index (χ1) is 9.66. The van der Waals surface area contributed by atoms with Crippen molar-refractivity contribution in [2.24, 2.45) is 11.3 Å². The predicted octanol–water partition coefficient (Wildman–Crippen LogP) is 0.892. The SMILES string of the molecule is COC(=O)C1CC12CCN(C(=O)c1cccnn1)CC2. The van der Waals surface area contributed by atoms with Crippen molar-refractivity contribution in [1.29, 1.82) is 0 Å². The smallest absolute Gasteiger partial charge is 0.309 e. The van der Waals surface area contributed by atoms with Crippen LogP contribution >= 0.6 is 0 Å². The molecule has 1 spiro atoms. The lowest BCUT2D eigenvalue weighted by Gasteiger charge is -2.32. The van der Waals surface area contributed by atoms with Crippen LogP contribution in [0.2, 0.25) is 0 Å². The van der Waals surface area contributed by atoms with Gasteiger partial charge in [0.25, 0.3) is 5.91 Å². The van der Waals surface area contributed by atoms with Gasteiger partial charge in [-0.1, -0.05) is 0 Å². The van der Waals surface area contributed by atoms with Crippen LogP contribution in [0.25, 0.3) is 0 Å². The molecule has 20 heavy (non-hydrogen) atoms. The van der Waals surface area contributed by atoms with E-state index in [9.17, 15) is 9.59 Å². The zero-order valence-corrected chi connectivity index (χ0v) is 11.4. The quantitative estimate of drug-likeness (QED) is 0.750. The number of esters is 1. The number of rotatable bonds is 2. The number of amides is 1. The Labute approximate surface area is 117 Å². The molecule has 0 radical (unpaired) electrons. The van der Waals surface area contributed by atoms with Gasteiger partial charge in [0.05, 0.1) is 13.0 Å². The maximum atomic E-state index is 12.2. The molecule has 6 heteroatoms. The van der Waals surface area contributed by atoms with Crippen molar-refractivity contribution in [3.05, 3.63) is 24.0 Å². The molecule has 1 amide bonds. The standard InChI is InChI=1S/C14H17N3O3/c1-20-13(19)10-9-14(10)4-7-17(8-5-14)12(18)11-3-2-6-15-16-11/h2-3,6,10H,4-5,7-9H2,1H3. The first-order valence-corrected chi connectivity index (χ1v) is 6.81. The van der Waals surface area contributed by atoms with Gasteiger partial charge in [-0.25, -0.2) is 0 Å². The second-order valence-corrected chi connectivity index (χ2v) is 5.54. The van der Waals surface area contributed by atoms with Crippen LogP contribution in [-0.2, 0) is 9.53 Å². The van der Waals surface area contributed by atoms with Gasteiger partial charge < -0.3 is 9.64 Å². The fraction of sp³-hybridized carbons (Fsp3) is 0.571. The number of hydrogen-bond acceptors (Lipinski definition) is 5. The number of likely N-dealkylation sites (tertiary alicyclic amines) is 1. The normalized spacial score (nSPS) is 23.4. The summed E-state index contributed by atoms with van der Waals surface area (Å²) < 4.78 is 4.81. The Morgan fingerprint density at radius 1 is 1.40 bits per heavy atom. The highest BCUT2D eigenvalue weighted by Gasteiger charge is 2.59. The van der Waals surface area contributed by atoms with Crippen molar-refractivity contribution in [2.45, 2.75) is 19.3 Å². The zero-order chi connectivity index (χ0) is 14.2. The fourth-order valence-corrected chi connectivity index (χ4v) is 3.11. The van der Waals surface area contributed by atoms with Crippen molar-refractivity contribution < 1.29 is 14.3 Å². The molecule has 0 bridgehead atoms. The predicted molar refractivity (Wildman–Crippen MR) is 69.7 cm³/mol. The second kappa shape index (κ2) is 4.85. The van der Waals surface area contributed by atoms with E-state index in [1.54, 1.807) is 23.2 Å². The van der Waals surface area contributed by atoms with E-state index >= 15 is 0 Å². The Balaban J connectivity index is 1.60. The molecule has 1 aromatic rings. The second-order valence-electron chi connectivity index (χ2n) is 5.54. The summed E-state index contributed by atoms with van der Waals surface area (Å²) in [5.74, 6) is -0.164. The van der Waals surface area contributed by atoms with Crippen LogP contribution in [0.15, 0.2) is 18.3 Å². The number of aromatic nitrogens is 2. The average molecular weight is 275 g/mol. The molecule has 1 unspecified atom stereocenters. The molecule has 0 aromatic carbocycles. The number of carbonyl (C=O) groups excluding carboxylic acids is 2. The Morgan fingerprint density at radius 3 is 2.75 bits per heavy atom. The van der Waals surface area contributed by atoms with Crippen LogP contribution in [0.3, 0.4) is 0 Å². The lowest BCUT2D eigenvalue weighted by molar-refractivity contribution is -0.143. The Kier molecular flexibility index (Phi) is 3.16. The van der Waals surface area contributed by atoms with Crippen LogP contribution < -0.4 is 0 Å². The van der Waals surface area contributed by atoms with Gasteiger partial charge in [-0.15, -0.1) is 5.10 Å². The molecule has 3 rings (SSSR count). The number of methoxy groups -OCH3 is 1. The summed E-state index contributed by atoms with van der Waals surface area (Å²) in [5, 5.41) is 7.58. The van der Waals surface area contributed by atoms with E-state index in [1.165, 1.54) is 7.11 Å². The summed E-state index contributed by atoms with van der Waals surface area (Å²) in [6.07, 6.45) is 4.16. The molecule has 106 valence electrons. The highest BCUT2D eigenvalue weighted by atomic mass is 16.5. The molecular weight excluding hydrogens is 258 g/mol. The third kappa shape index (κ3) is 2.15. The summed E-state index contributed by atoms with van der Waals surface area (Å²) in [7, 11) is 1.43. The monoisotopic (exact) mass is 275 g/mol. The van der Waals surface area contributed by atoms with Crippen LogP contribution in [0.4, 0.5) is 0 Å². The van der Waals surface area contributed by atoms with Gasteiger partial charge in [0.1, 0.15) is 0 Å². The summed E-state index contributed by atoms with van der Waals surface area (Å²) in [6.45, 7) is 1.34. The van der Waals surface area contributed by atoms with Crippen molar-refractivity contribution in [2.75, 3.05) is 20.2 Å². The van der Waals surface area contributed by atoms with Gasteiger partial charge in [-0.05, 0) is 36.8 Å². The van der Waals surface area contributed by atoms with Gasteiger partial charge in [0, 0.05) is 19.3 Å². The first-order valence-electron chi connectivity index (χ1n) is 6.81. The Bertz CT molecular complexity index is 524. The minimum absolute atomic E-state index is 0.0290. The lowest BCUT2D eigenvalue weighted by atomic mass is 9.90. The van der Waals surface area contributed by atoms with Crippen molar-refractivity contribution >= 4 is 11.9 Å². The summed E-state index contributed by atoms with van der Waals surface area (Å²) >= 11 is 0. The largest absolute Gasteiger partial charge is 0.469 e. The van der Waals surface area contributed by atoms with Gasteiger partial charge in [-0.3, -0.25) is 9.59 Å². The first kappa shape index (κ1) is 13.0. The van der Waals surface area contributed by atoms with Crippen molar-refractivity contribution in [3.63, 3.8) is 0 Å². The highest BCUT2D eigenvalue weighted by molar-refractivity contribution is 5.92. The van der Waals surface area contributed by atoms with E-state index in [-0.39, 0.29) is 23.2 Å². The number of nitrogens with zero attached hydrogens (tertiary/aromatic N) is 3. The molecule has 1 aromatic heterocycles. The van der Waals surface area contributed by atoms with Gasteiger partial charge in [-0.2, -0.15) is 5.10 Å². The van der Waals surface area contributed by atoms with Crippen LogP contribution in [0.5, 0.6) is 0 Å². The van der Waals surface area contributed by atoms with Crippen LogP contribution in [0.1, 0.15) is 29.8 Å². The van der Waals surface area contributed by atoms with E-state index in [1.807, 2.05) is 0 Å². The van der Waals surface area contributed by atoms with E-state index < -0.39 is 0 Å². The molecule has 1 aliphatic carbocycles. The van der Waals surface area contributed by atoms with Gasteiger partial charge in [0.15, 0.2) is 5.69 Å². The van der Waals surface area contributed by atoms with E-state index in [0.29, 0.717) is 18.8 Å². The summed E-state index contributed by atoms with van der Waals surface area (Å²) in [5.41, 5.74) is 0.454. The minimum Gasteiger partial charge on any atom is -0.469 e. The van der Waals surface area contributed by atoms with E-state index in [0.717, 1.165) is 19.3 Å². The van der Waals surface area contributed by atoms with Gasteiger partial charge in [0.2, 0.25) is 0 Å². The molecule has 1 atom stereocenters. The van der Waals surface area contributed by atoms with Gasteiger partial charge >= 0.3 is 5.97 Å². The maximum absolute atomic E-state index is 12.2. The van der Waals surface area contributed by atoms with Crippen LogP contribution in [0, 0.1) is 11.3 Å². The third-order valence-corrected chi connectivity index (χ3v) is 4.51. The number of carbonyl (C=O) groups is 2. The highest BCUT2D eigenvalue weighted by Crippen LogP contribution is 2.59. The molecule has 2 fully saturated rings. The zero-order valence-electron chi connectivity index (χ0n) is 11.4. The molecule has 2 heterocycles. The van der Waals surface area contributed by atoms with E-state index in [2.05, 4.69) is 10.2 Å². The van der Waals surface area contributed by atoms with E-state index in [4.69, 9.17) is 4.74 Å². The lowest BCUT2D eigenvalue weighted by Crippen LogP contribution is -2.40. The topological polar surface area (TPSA) is 72.4 Å². The van der Waals surface area contributed by atoms with Crippen molar-refractivity contribution in [1.82, 2.24) is 15.1 Å². The third-order valence-electron chi connectivity index (χ3n) is 4.51. The Morgan fingerprint density at radius 2 is 2.15 bits per heavy atom. The average Bonchev–Trinajstić information content (AvgIpc) is 3.21. The molecule has 6 nitrogen and oxygen atoms in total. The molecule has 2 aliphatic rings.